The molecule has 2 aromatic carbocycles. The quantitative estimate of drug-likeness (QED) is 0.791. The smallest absolute Gasteiger partial charge is 0.248 e. The highest BCUT2D eigenvalue weighted by molar-refractivity contribution is 6.19. The molecule has 0 saturated heterocycles. The second kappa shape index (κ2) is 5.32. The Hall–Kier alpha value is -2.75. The van der Waals surface area contributed by atoms with Gasteiger partial charge in [-0.15, -0.1) is 0 Å². The number of aliphatic imine (C=N–C) groups is 1. The summed E-state index contributed by atoms with van der Waals surface area (Å²) in [6, 6.07) is 15.0. The van der Waals surface area contributed by atoms with Gasteiger partial charge in [0.15, 0.2) is 0 Å². The lowest BCUT2D eigenvalue weighted by molar-refractivity contribution is -0.116. The van der Waals surface area contributed by atoms with Crippen molar-refractivity contribution >= 4 is 23.6 Å². The predicted octanol–water partition coefficient (Wildman–Crippen LogP) is 2.31. The van der Waals surface area contributed by atoms with E-state index in [0.717, 1.165) is 28.8 Å². The third-order valence-corrected chi connectivity index (χ3v) is 3.57. The SMILES string of the molecule is CN1C(=O)CN=C(c2ccccc2)c2cc(C=O)ccc21. The molecule has 4 nitrogen and oxygen atoms in total. The molecule has 0 aromatic heterocycles. The molecule has 1 heterocycles. The fraction of sp³-hybridized carbons (Fsp3) is 0.118. The molecule has 4 heteroatoms. The zero-order chi connectivity index (χ0) is 14.8. The van der Waals surface area contributed by atoms with Crippen molar-refractivity contribution in [2.24, 2.45) is 4.99 Å². The first-order valence-corrected chi connectivity index (χ1v) is 6.67. The van der Waals surface area contributed by atoms with Gasteiger partial charge in [0, 0.05) is 23.7 Å². The fourth-order valence-electron chi connectivity index (χ4n) is 2.42. The Kier molecular flexibility index (Phi) is 3.36. The van der Waals surface area contributed by atoms with E-state index in [-0.39, 0.29) is 12.5 Å². The highest BCUT2D eigenvalue weighted by atomic mass is 16.2. The van der Waals surface area contributed by atoms with E-state index in [2.05, 4.69) is 4.99 Å². The van der Waals surface area contributed by atoms with Gasteiger partial charge in [0.05, 0.1) is 11.4 Å². The van der Waals surface area contributed by atoms with Crippen molar-refractivity contribution in [1.29, 1.82) is 0 Å². The van der Waals surface area contributed by atoms with Crippen LogP contribution >= 0.6 is 0 Å². The summed E-state index contributed by atoms with van der Waals surface area (Å²) in [4.78, 5) is 29.1. The van der Waals surface area contributed by atoms with Crippen molar-refractivity contribution in [3.05, 3.63) is 65.2 Å². The predicted molar refractivity (Wildman–Crippen MR) is 82.2 cm³/mol. The third-order valence-electron chi connectivity index (χ3n) is 3.57. The molecular weight excluding hydrogens is 264 g/mol. The molecule has 0 atom stereocenters. The van der Waals surface area contributed by atoms with E-state index in [0.29, 0.717) is 5.56 Å². The minimum Gasteiger partial charge on any atom is -0.313 e. The van der Waals surface area contributed by atoms with Crippen molar-refractivity contribution in [1.82, 2.24) is 0 Å². The number of likely N-dealkylation sites (N-methyl/N-ethyl adjacent to an activating group) is 1. The van der Waals surface area contributed by atoms with Crippen molar-refractivity contribution in [2.45, 2.75) is 0 Å². The van der Waals surface area contributed by atoms with Gasteiger partial charge in [-0.25, -0.2) is 0 Å². The molecule has 0 spiro atoms. The first kappa shape index (κ1) is 13.2. The summed E-state index contributed by atoms with van der Waals surface area (Å²) in [6.07, 6.45) is 0.801. The van der Waals surface area contributed by atoms with Crippen LogP contribution in [0.3, 0.4) is 0 Å². The molecule has 1 aliphatic rings. The van der Waals surface area contributed by atoms with Gasteiger partial charge in [-0.1, -0.05) is 30.3 Å². The van der Waals surface area contributed by atoms with Gasteiger partial charge < -0.3 is 4.90 Å². The molecule has 0 saturated carbocycles. The summed E-state index contributed by atoms with van der Waals surface area (Å²) in [7, 11) is 1.73. The summed E-state index contributed by atoms with van der Waals surface area (Å²) < 4.78 is 0. The number of benzodiazepines with no additional fused rings is 1. The number of nitrogens with zero attached hydrogens (tertiary/aromatic N) is 2. The van der Waals surface area contributed by atoms with Crippen LogP contribution in [0, 0.1) is 0 Å². The summed E-state index contributed by atoms with van der Waals surface area (Å²) in [5.74, 6) is -0.0685. The molecule has 2 aromatic rings. The number of aldehydes is 1. The van der Waals surface area contributed by atoms with Gasteiger partial charge in [-0.05, 0) is 18.2 Å². The molecule has 0 aliphatic carbocycles. The molecule has 21 heavy (non-hydrogen) atoms. The maximum Gasteiger partial charge on any atom is 0.248 e. The van der Waals surface area contributed by atoms with Crippen LogP contribution in [-0.2, 0) is 4.79 Å². The van der Waals surface area contributed by atoms with Crippen LogP contribution in [0.1, 0.15) is 21.5 Å². The Morgan fingerprint density at radius 3 is 2.62 bits per heavy atom. The Morgan fingerprint density at radius 2 is 1.90 bits per heavy atom. The van der Waals surface area contributed by atoms with Crippen molar-refractivity contribution in [3.63, 3.8) is 0 Å². The molecule has 0 bridgehead atoms. The monoisotopic (exact) mass is 278 g/mol. The molecule has 1 aliphatic heterocycles. The van der Waals surface area contributed by atoms with Crippen LogP contribution in [0.5, 0.6) is 0 Å². The first-order valence-electron chi connectivity index (χ1n) is 6.67. The largest absolute Gasteiger partial charge is 0.313 e. The lowest BCUT2D eigenvalue weighted by atomic mass is 9.98. The minimum atomic E-state index is -0.0685. The van der Waals surface area contributed by atoms with Gasteiger partial charge in [0.2, 0.25) is 5.91 Å². The molecule has 1 amide bonds. The number of benzene rings is 2. The van der Waals surface area contributed by atoms with Crippen molar-refractivity contribution in [3.8, 4) is 0 Å². The average molecular weight is 278 g/mol. The molecule has 0 unspecified atom stereocenters. The number of amides is 1. The number of hydrogen-bond donors (Lipinski definition) is 0. The average Bonchev–Trinajstić information content (AvgIpc) is 2.66. The van der Waals surface area contributed by atoms with Gasteiger partial charge in [-0.3, -0.25) is 14.6 Å². The maximum atomic E-state index is 12.1. The summed E-state index contributed by atoms with van der Waals surface area (Å²) in [5.41, 5.74) is 3.82. The third kappa shape index (κ3) is 2.36. The standard InChI is InChI=1S/C17H14N2O2/c1-19-15-8-7-12(11-20)9-14(15)17(18-10-16(19)21)13-5-3-2-4-6-13/h2-9,11H,10H2,1H3. The zero-order valence-corrected chi connectivity index (χ0v) is 11.6. The van der Waals surface area contributed by atoms with Gasteiger partial charge in [0.1, 0.15) is 12.8 Å². The number of hydrogen-bond acceptors (Lipinski definition) is 3. The van der Waals surface area contributed by atoms with Gasteiger partial charge in [-0.2, -0.15) is 0 Å². The lowest BCUT2D eigenvalue weighted by Gasteiger charge is -2.18. The van der Waals surface area contributed by atoms with Crippen LogP contribution in [0.15, 0.2) is 53.5 Å². The highest BCUT2D eigenvalue weighted by Gasteiger charge is 2.22. The fourth-order valence-corrected chi connectivity index (χ4v) is 2.42. The maximum absolute atomic E-state index is 12.1. The van der Waals surface area contributed by atoms with Crippen LogP contribution in [0.25, 0.3) is 0 Å². The van der Waals surface area contributed by atoms with E-state index < -0.39 is 0 Å². The molecule has 0 radical (unpaired) electrons. The first-order chi connectivity index (χ1) is 10.2. The number of anilines is 1. The van der Waals surface area contributed by atoms with E-state index in [4.69, 9.17) is 0 Å². The second-order valence-electron chi connectivity index (χ2n) is 4.88. The van der Waals surface area contributed by atoms with Gasteiger partial charge >= 0.3 is 0 Å². The van der Waals surface area contributed by atoms with Gasteiger partial charge in [0.25, 0.3) is 0 Å². The van der Waals surface area contributed by atoms with Crippen LogP contribution < -0.4 is 4.90 Å². The van der Waals surface area contributed by atoms with E-state index in [1.807, 2.05) is 30.3 Å². The lowest BCUT2D eigenvalue weighted by Crippen LogP contribution is -2.27. The van der Waals surface area contributed by atoms with E-state index in [1.54, 1.807) is 30.1 Å². The zero-order valence-electron chi connectivity index (χ0n) is 11.6. The molecule has 0 N–H and O–H groups in total. The summed E-state index contributed by atoms with van der Waals surface area (Å²) in [5, 5.41) is 0. The number of carbonyl (C=O) groups is 2. The number of rotatable bonds is 2. The van der Waals surface area contributed by atoms with Crippen LogP contribution in [-0.4, -0.2) is 31.5 Å². The topological polar surface area (TPSA) is 49.7 Å². The molecule has 104 valence electrons. The highest BCUT2D eigenvalue weighted by Crippen LogP contribution is 2.26. The Labute approximate surface area is 122 Å². The Morgan fingerprint density at radius 1 is 1.14 bits per heavy atom. The summed E-state index contributed by atoms with van der Waals surface area (Å²) in [6.45, 7) is 0.103. The Bertz CT molecular complexity index is 736. The summed E-state index contributed by atoms with van der Waals surface area (Å²) >= 11 is 0. The molecule has 0 fully saturated rings. The van der Waals surface area contributed by atoms with Crippen LogP contribution in [0.2, 0.25) is 0 Å². The number of fused-ring (bicyclic) bond motifs is 1. The minimum absolute atomic E-state index is 0.0685. The van der Waals surface area contributed by atoms with E-state index in [1.165, 1.54) is 0 Å². The molecule has 3 rings (SSSR count). The number of carbonyl (C=O) groups excluding carboxylic acids is 2. The Balaban J connectivity index is 2.24. The normalized spacial score (nSPS) is 14.2. The molecular formula is C17H14N2O2. The van der Waals surface area contributed by atoms with Crippen molar-refractivity contribution < 1.29 is 9.59 Å². The van der Waals surface area contributed by atoms with E-state index in [9.17, 15) is 9.59 Å². The van der Waals surface area contributed by atoms with Crippen molar-refractivity contribution in [2.75, 3.05) is 18.5 Å². The van der Waals surface area contributed by atoms with Crippen LogP contribution in [0.4, 0.5) is 5.69 Å². The van der Waals surface area contributed by atoms with E-state index >= 15 is 0 Å². The second-order valence-corrected chi connectivity index (χ2v) is 4.88.